The van der Waals surface area contributed by atoms with Gasteiger partial charge in [0.1, 0.15) is 0 Å². The summed E-state index contributed by atoms with van der Waals surface area (Å²) < 4.78 is 12.3. The van der Waals surface area contributed by atoms with E-state index in [1.54, 1.807) is 0 Å². The molecule has 96 valence electrons. The molecule has 0 radical (unpaired) electrons. The molecule has 0 aromatic carbocycles. The van der Waals surface area contributed by atoms with Crippen LogP contribution >= 0.6 is 0 Å². The zero-order valence-electron chi connectivity index (χ0n) is 11.4. The molecule has 3 aliphatic carbocycles. The van der Waals surface area contributed by atoms with Crippen molar-refractivity contribution in [3.05, 3.63) is 0 Å². The minimum atomic E-state index is -0.190. The molecule has 1 saturated heterocycles. The molecule has 3 nitrogen and oxygen atoms in total. The van der Waals surface area contributed by atoms with Crippen molar-refractivity contribution in [2.24, 2.45) is 23.0 Å². The van der Waals surface area contributed by atoms with E-state index in [1.807, 2.05) is 0 Å². The Labute approximate surface area is 105 Å². The lowest BCUT2D eigenvalue weighted by Crippen LogP contribution is -2.65. The lowest BCUT2D eigenvalue weighted by Gasteiger charge is -2.64. The topological polar surface area (TPSA) is 44.5 Å². The van der Waals surface area contributed by atoms with Crippen LogP contribution in [0.25, 0.3) is 0 Å². The minimum Gasteiger partial charge on any atom is -0.404 e. The van der Waals surface area contributed by atoms with E-state index in [9.17, 15) is 0 Å². The summed E-state index contributed by atoms with van der Waals surface area (Å²) in [5.74, 6) is 1.45. The number of rotatable bonds is 2. The van der Waals surface area contributed by atoms with Gasteiger partial charge >= 0.3 is 7.12 Å². The van der Waals surface area contributed by atoms with Crippen molar-refractivity contribution in [2.75, 3.05) is 0 Å². The summed E-state index contributed by atoms with van der Waals surface area (Å²) in [4.78, 5) is 0. The van der Waals surface area contributed by atoms with Gasteiger partial charge in [0.25, 0.3) is 0 Å². The average Bonchev–Trinajstić information content (AvgIpc) is 2.64. The molecule has 3 unspecified atom stereocenters. The normalized spacial score (nSPS) is 48.5. The zero-order valence-corrected chi connectivity index (χ0v) is 11.4. The van der Waals surface area contributed by atoms with Crippen LogP contribution in [0.4, 0.5) is 0 Å². The van der Waals surface area contributed by atoms with E-state index >= 15 is 0 Å². The third-order valence-corrected chi connectivity index (χ3v) is 5.79. The Hall–Kier alpha value is -0.0551. The van der Waals surface area contributed by atoms with E-state index in [1.165, 1.54) is 6.42 Å². The fraction of sp³-hybridized carbons (Fsp3) is 1.00. The maximum atomic E-state index is 6.24. The first-order valence-electron chi connectivity index (χ1n) is 6.98. The molecule has 1 heterocycles. The van der Waals surface area contributed by atoms with Gasteiger partial charge in [0.15, 0.2) is 0 Å². The maximum absolute atomic E-state index is 6.24. The van der Waals surface area contributed by atoms with Gasteiger partial charge in [0.2, 0.25) is 0 Å². The molecule has 4 heteroatoms. The lowest BCUT2D eigenvalue weighted by atomic mass is 9.43. The highest BCUT2D eigenvalue weighted by Crippen LogP contribution is 2.65. The fourth-order valence-corrected chi connectivity index (χ4v) is 4.27. The van der Waals surface area contributed by atoms with Crippen LogP contribution in [-0.4, -0.2) is 24.8 Å². The van der Waals surface area contributed by atoms with Gasteiger partial charge in [-0.1, -0.05) is 20.8 Å². The van der Waals surface area contributed by atoms with Gasteiger partial charge in [0, 0.05) is 5.94 Å². The fourth-order valence-electron chi connectivity index (χ4n) is 4.27. The van der Waals surface area contributed by atoms with E-state index in [-0.39, 0.29) is 24.8 Å². The Morgan fingerprint density at radius 2 is 2.06 bits per heavy atom. The van der Waals surface area contributed by atoms with Gasteiger partial charge in [-0.25, -0.2) is 0 Å². The Bertz CT molecular complexity index is 335. The largest absolute Gasteiger partial charge is 0.475 e. The van der Waals surface area contributed by atoms with Crippen LogP contribution in [0.1, 0.15) is 47.0 Å². The first-order chi connectivity index (χ1) is 7.89. The second kappa shape index (κ2) is 3.49. The lowest BCUT2D eigenvalue weighted by molar-refractivity contribution is -0.199. The van der Waals surface area contributed by atoms with Gasteiger partial charge in [-0.3, -0.25) is 0 Å². The molecular weight excluding hydrogens is 213 g/mol. The molecule has 2 N–H and O–H groups in total. The molecule has 0 spiro atoms. The van der Waals surface area contributed by atoms with Gasteiger partial charge < -0.3 is 15.0 Å². The third kappa shape index (κ3) is 1.41. The van der Waals surface area contributed by atoms with Crippen molar-refractivity contribution in [2.45, 2.75) is 64.6 Å². The molecule has 0 amide bonds. The Balaban J connectivity index is 1.82. The molecule has 0 aromatic rings. The SMILES string of the molecule is CCC(N)B1OC2C[C@@H]3C[C@H](C2(C)O1)C3(C)C. The Morgan fingerprint density at radius 3 is 2.65 bits per heavy atom. The Kier molecular flexibility index (Phi) is 2.46. The second-order valence-electron chi connectivity index (χ2n) is 6.91. The summed E-state index contributed by atoms with van der Waals surface area (Å²) in [5, 5.41) is 0. The highest BCUT2D eigenvalue weighted by Gasteiger charge is 2.68. The Morgan fingerprint density at radius 1 is 1.35 bits per heavy atom. The average molecular weight is 237 g/mol. The molecule has 1 aliphatic heterocycles. The third-order valence-electron chi connectivity index (χ3n) is 5.79. The van der Waals surface area contributed by atoms with Crippen LogP contribution < -0.4 is 5.73 Å². The van der Waals surface area contributed by atoms with E-state index in [0.29, 0.717) is 11.3 Å². The minimum absolute atomic E-state index is 0.0118. The predicted octanol–water partition coefficient (Wildman–Crippen LogP) is 1.99. The van der Waals surface area contributed by atoms with Crippen LogP contribution in [0.2, 0.25) is 0 Å². The first kappa shape index (κ1) is 12.0. The van der Waals surface area contributed by atoms with Crippen molar-refractivity contribution < 1.29 is 9.31 Å². The number of hydrogen-bond donors (Lipinski definition) is 1. The molecule has 17 heavy (non-hydrogen) atoms. The molecule has 4 fully saturated rings. The number of nitrogens with two attached hydrogens (primary N) is 1. The van der Waals surface area contributed by atoms with E-state index < -0.39 is 0 Å². The predicted molar refractivity (Wildman–Crippen MR) is 68.4 cm³/mol. The van der Waals surface area contributed by atoms with Crippen LogP contribution in [0.3, 0.4) is 0 Å². The zero-order chi connectivity index (χ0) is 12.4. The summed E-state index contributed by atoms with van der Waals surface area (Å²) >= 11 is 0. The quantitative estimate of drug-likeness (QED) is 0.747. The van der Waals surface area contributed by atoms with E-state index in [4.69, 9.17) is 15.0 Å². The first-order valence-corrected chi connectivity index (χ1v) is 6.98. The summed E-state index contributed by atoms with van der Waals surface area (Å²) in [7, 11) is -0.190. The summed E-state index contributed by atoms with van der Waals surface area (Å²) in [6.07, 6.45) is 3.62. The summed E-state index contributed by atoms with van der Waals surface area (Å²) in [5.41, 5.74) is 6.38. The molecule has 2 bridgehead atoms. The maximum Gasteiger partial charge on any atom is 0.475 e. The van der Waals surface area contributed by atoms with Gasteiger partial charge in [-0.05, 0) is 43.4 Å². The van der Waals surface area contributed by atoms with Gasteiger partial charge in [0.05, 0.1) is 11.7 Å². The molecule has 3 saturated carbocycles. The monoisotopic (exact) mass is 237 g/mol. The van der Waals surface area contributed by atoms with Crippen molar-refractivity contribution in [3.63, 3.8) is 0 Å². The van der Waals surface area contributed by atoms with Crippen molar-refractivity contribution in [1.82, 2.24) is 0 Å². The van der Waals surface area contributed by atoms with Crippen LogP contribution in [-0.2, 0) is 9.31 Å². The summed E-state index contributed by atoms with van der Waals surface area (Å²) in [6.45, 7) is 9.08. The highest BCUT2D eigenvalue weighted by molar-refractivity contribution is 6.47. The molecule has 4 aliphatic rings. The molecule has 4 rings (SSSR count). The highest BCUT2D eigenvalue weighted by atomic mass is 16.7. The van der Waals surface area contributed by atoms with Crippen molar-refractivity contribution in [3.8, 4) is 0 Å². The van der Waals surface area contributed by atoms with Gasteiger partial charge in [-0.15, -0.1) is 0 Å². The molecule has 0 aromatic heterocycles. The molecular formula is C13H24BNO2. The smallest absolute Gasteiger partial charge is 0.404 e. The van der Waals surface area contributed by atoms with Crippen LogP contribution in [0.15, 0.2) is 0 Å². The van der Waals surface area contributed by atoms with Crippen LogP contribution in [0, 0.1) is 17.3 Å². The van der Waals surface area contributed by atoms with Crippen molar-refractivity contribution in [1.29, 1.82) is 0 Å². The summed E-state index contributed by atoms with van der Waals surface area (Å²) in [6, 6.07) is 0. The van der Waals surface area contributed by atoms with Gasteiger partial charge in [-0.2, -0.15) is 0 Å². The van der Waals surface area contributed by atoms with Crippen molar-refractivity contribution >= 4 is 7.12 Å². The second-order valence-corrected chi connectivity index (χ2v) is 6.91. The van der Waals surface area contributed by atoms with E-state index in [2.05, 4.69) is 27.7 Å². The number of hydrogen-bond acceptors (Lipinski definition) is 3. The standard InChI is InChI=1S/C13H24BNO2/c1-5-11(15)14-16-10-7-8-6-9(12(8,2)3)13(10,4)17-14/h8-11H,5-7,15H2,1-4H3/t8-,9-,10?,11?,13?/m0/s1. The molecule has 5 atom stereocenters. The van der Waals surface area contributed by atoms with Crippen LogP contribution in [0.5, 0.6) is 0 Å². The van der Waals surface area contributed by atoms with E-state index in [0.717, 1.165) is 18.8 Å².